The first kappa shape index (κ1) is 13.6. The zero-order valence-electron chi connectivity index (χ0n) is 10.2. The van der Waals surface area contributed by atoms with Gasteiger partial charge in [0.2, 0.25) is 0 Å². The molecule has 0 amide bonds. The van der Waals surface area contributed by atoms with Gasteiger partial charge in [0.1, 0.15) is 5.76 Å². The first-order chi connectivity index (χ1) is 8.97. The quantitative estimate of drug-likeness (QED) is 0.923. The fourth-order valence-electron chi connectivity index (χ4n) is 1.67. The Labute approximate surface area is 108 Å². The zero-order chi connectivity index (χ0) is 13.9. The van der Waals surface area contributed by atoms with Crippen molar-refractivity contribution < 1.29 is 17.7 Å². The molecule has 1 aromatic heterocycles. The first-order valence-electron chi connectivity index (χ1n) is 5.77. The predicted octanol–water partition coefficient (Wildman–Crippen LogP) is 3.54. The molecular formula is C13H13F3N2O. The highest BCUT2D eigenvalue weighted by Gasteiger charge is 2.30. The van der Waals surface area contributed by atoms with E-state index in [0.717, 1.165) is 17.7 Å². The first-order valence-corrected chi connectivity index (χ1v) is 5.77. The van der Waals surface area contributed by atoms with Crippen LogP contribution in [-0.4, -0.2) is 5.16 Å². The Morgan fingerprint density at radius 2 is 1.89 bits per heavy atom. The number of halogens is 3. The highest BCUT2D eigenvalue weighted by atomic mass is 19.4. The van der Waals surface area contributed by atoms with E-state index in [4.69, 9.17) is 4.52 Å². The lowest BCUT2D eigenvalue weighted by Crippen LogP contribution is -2.18. The van der Waals surface area contributed by atoms with E-state index in [0.29, 0.717) is 12.3 Å². The summed E-state index contributed by atoms with van der Waals surface area (Å²) in [4.78, 5) is 0. The van der Waals surface area contributed by atoms with E-state index in [1.165, 1.54) is 12.1 Å². The molecule has 1 atom stereocenters. The van der Waals surface area contributed by atoms with Gasteiger partial charge in [-0.1, -0.05) is 17.3 Å². The zero-order valence-corrected chi connectivity index (χ0v) is 10.2. The van der Waals surface area contributed by atoms with Crippen molar-refractivity contribution in [1.82, 2.24) is 10.5 Å². The highest BCUT2D eigenvalue weighted by molar-refractivity contribution is 5.26. The average molecular weight is 270 g/mol. The summed E-state index contributed by atoms with van der Waals surface area (Å²) in [7, 11) is 0. The Morgan fingerprint density at radius 1 is 1.21 bits per heavy atom. The van der Waals surface area contributed by atoms with Gasteiger partial charge in [0, 0.05) is 12.1 Å². The number of nitrogens with zero attached hydrogens (tertiary/aromatic N) is 1. The topological polar surface area (TPSA) is 38.1 Å². The molecule has 1 heterocycles. The van der Waals surface area contributed by atoms with Crippen molar-refractivity contribution in [1.29, 1.82) is 0 Å². The highest BCUT2D eigenvalue weighted by Crippen LogP contribution is 2.29. The largest absolute Gasteiger partial charge is 0.416 e. The SMILES string of the molecule is CC(NCc1ccno1)c1ccc(C(F)(F)F)cc1. The average Bonchev–Trinajstić information content (AvgIpc) is 2.88. The van der Waals surface area contributed by atoms with Gasteiger partial charge >= 0.3 is 6.18 Å². The molecule has 0 saturated heterocycles. The van der Waals surface area contributed by atoms with Crippen LogP contribution in [-0.2, 0) is 12.7 Å². The standard InChI is InChI=1S/C13H13F3N2O/c1-9(17-8-12-6-7-18-19-12)10-2-4-11(5-3-10)13(14,15)16/h2-7,9,17H,8H2,1H3. The summed E-state index contributed by atoms with van der Waals surface area (Å²) in [6.45, 7) is 2.35. The maximum Gasteiger partial charge on any atom is 0.416 e. The minimum atomic E-state index is -4.30. The monoisotopic (exact) mass is 270 g/mol. The van der Waals surface area contributed by atoms with Crippen LogP contribution in [0.25, 0.3) is 0 Å². The normalized spacial score (nSPS) is 13.5. The Hall–Kier alpha value is -1.82. The van der Waals surface area contributed by atoms with Crippen molar-refractivity contribution in [3.63, 3.8) is 0 Å². The Kier molecular flexibility index (Phi) is 3.90. The van der Waals surface area contributed by atoms with Crippen molar-refractivity contribution in [2.75, 3.05) is 0 Å². The van der Waals surface area contributed by atoms with E-state index in [2.05, 4.69) is 10.5 Å². The lowest BCUT2D eigenvalue weighted by Gasteiger charge is -2.14. The second kappa shape index (κ2) is 5.44. The van der Waals surface area contributed by atoms with Gasteiger partial charge in [-0.05, 0) is 24.6 Å². The van der Waals surface area contributed by atoms with Crippen LogP contribution >= 0.6 is 0 Å². The molecule has 2 aromatic rings. The number of benzene rings is 1. The molecule has 6 heteroatoms. The van der Waals surface area contributed by atoms with Crippen LogP contribution < -0.4 is 5.32 Å². The second-order valence-corrected chi connectivity index (χ2v) is 4.20. The number of hydrogen-bond donors (Lipinski definition) is 1. The summed E-state index contributed by atoms with van der Waals surface area (Å²) in [5, 5.41) is 6.72. The van der Waals surface area contributed by atoms with Crippen LogP contribution in [0.4, 0.5) is 13.2 Å². The number of alkyl halides is 3. The molecule has 0 aliphatic heterocycles. The molecule has 0 aliphatic carbocycles. The minimum Gasteiger partial charge on any atom is -0.360 e. The molecule has 1 aromatic carbocycles. The molecule has 0 bridgehead atoms. The number of rotatable bonds is 4. The molecule has 0 spiro atoms. The van der Waals surface area contributed by atoms with E-state index in [-0.39, 0.29) is 6.04 Å². The van der Waals surface area contributed by atoms with E-state index in [1.807, 2.05) is 6.92 Å². The van der Waals surface area contributed by atoms with Gasteiger partial charge < -0.3 is 9.84 Å². The molecule has 0 aliphatic rings. The van der Waals surface area contributed by atoms with Crippen molar-refractivity contribution in [2.24, 2.45) is 0 Å². The van der Waals surface area contributed by atoms with Crippen molar-refractivity contribution >= 4 is 0 Å². The third-order valence-electron chi connectivity index (χ3n) is 2.81. The summed E-state index contributed by atoms with van der Waals surface area (Å²) in [6.07, 6.45) is -2.76. The Balaban J connectivity index is 1.97. The number of nitrogens with one attached hydrogen (secondary N) is 1. The van der Waals surface area contributed by atoms with Gasteiger partial charge in [-0.15, -0.1) is 0 Å². The Morgan fingerprint density at radius 3 is 2.42 bits per heavy atom. The maximum absolute atomic E-state index is 12.4. The van der Waals surface area contributed by atoms with Crippen molar-refractivity contribution in [2.45, 2.75) is 25.7 Å². The molecule has 19 heavy (non-hydrogen) atoms. The molecule has 0 radical (unpaired) electrons. The number of aromatic nitrogens is 1. The van der Waals surface area contributed by atoms with Gasteiger partial charge in [0.25, 0.3) is 0 Å². The van der Waals surface area contributed by atoms with Crippen LogP contribution in [0.2, 0.25) is 0 Å². The molecule has 1 N–H and O–H groups in total. The van der Waals surface area contributed by atoms with Crippen LogP contribution in [0.1, 0.15) is 29.9 Å². The smallest absolute Gasteiger partial charge is 0.360 e. The maximum atomic E-state index is 12.4. The summed E-state index contributed by atoms with van der Waals surface area (Å²) in [5.41, 5.74) is 0.145. The van der Waals surface area contributed by atoms with E-state index in [9.17, 15) is 13.2 Å². The molecule has 2 rings (SSSR count). The fourth-order valence-corrected chi connectivity index (χ4v) is 1.67. The van der Waals surface area contributed by atoms with Crippen LogP contribution in [0, 0.1) is 0 Å². The van der Waals surface area contributed by atoms with E-state index in [1.54, 1.807) is 12.3 Å². The number of hydrogen-bond acceptors (Lipinski definition) is 3. The Bertz CT molecular complexity index is 506. The molecule has 1 unspecified atom stereocenters. The van der Waals surface area contributed by atoms with Crippen molar-refractivity contribution in [3.05, 3.63) is 53.4 Å². The predicted molar refractivity (Wildman–Crippen MR) is 63.2 cm³/mol. The van der Waals surface area contributed by atoms with Gasteiger partial charge in [-0.25, -0.2) is 0 Å². The van der Waals surface area contributed by atoms with Crippen molar-refractivity contribution in [3.8, 4) is 0 Å². The fraction of sp³-hybridized carbons (Fsp3) is 0.308. The lowest BCUT2D eigenvalue weighted by molar-refractivity contribution is -0.137. The van der Waals surface area contributed by atoms with Gasteiger partial charge in [-0.3, -0.25) is 0 Å². The molecule has 0 fully saturated rings. The summed E-state index contributed by atoms with van der Waals surface area (Å²) < 4.78 is 42.2. The minimum absolute atomic E-state index is 0.0765. The summed E-state index contributed by atoms with van der Waals surface area (Å²) in [6, 6.07) is 6.77. The van der Waals surface area contributed by atoms with E-state index >= 15 is 0 Å². The van der Waals surface area contributed by atoms with Crippen LogP contribution in [0.15, 0.2) is 41.1 Å². The van der Waals surface area contributed by atoms with E-state index < -0.39 is 11.7 Å². The molecule has 0 saturated carbocycles. The van der Waals surface area contributed by atoms with Crippen LogP contribution in [0.5, 0.6) is 0 Å². The summed E-state index contributed by atoms with van der Waals surface area (Å²) in [5.74, 6) is 0.679. The van der Waals surface area contributed by atoms with Crippen LogP contribution in [0.3, 0.4) is 0 Å². The third-order valence-corrected chi connectivity index (χ3v) is 2.81. The van der Waals surface area contributed by atoms with Gasteiger partial charge in [0.05, 0.1) is 18.3 Å². The van der Waals surface area contributed by atoms with Gasteiger partial charge in [0.15, 0.2) is 0 Å². The second-order valence-electron chi connectivity index (χ2n) is 4.20. The molecule has 3 nitrogen and oxygen atoms in total. The summed E-state index contributed by atoms with van der Waals surface area (Å²) >= 11 is 0. The molecule has 102 valence electrons. The van der Waals surface area contributed by atoms with Gasteiger partial charge in [-0.2, -0.15) is 13.2 Å². The molecular weight excluding hydrogens is 257 g/mol. The lowest BCUT2D eigenvalue weighted by atomic mass is 10.1. The third kappa shape index (κ3) is 3.57.